The van der Waals surface area contributed by atoms with Crippen molar-refractivity contribution in [1.82, 2.24) is 5.43 Å². The lowest BCUT2D eigenvalue weighted by atomic mass is 10.1. The van der Waals surface area contributed by atoms with Crippen molar-refractivity contribution in [2.24, 2.45) is 5.10 Å². The van der Waals surface area contributed by atoms with Crippen LogP contribution in [0.5, 0.6) is 0 Å². The van der Waals surface area contributed by atoms with Gasteiger partial charge in [-0.1, -0.05) is 78.3 Å². The van der Waals surface area contributed by atoms with Gasteiger partial charge in [0, 0.05) is 17.2 Å². The number of carbonyl (C=O) groups is 1. The smallest absolute Gasteiger partial charge is 0.267 e. The number of nitrogens with zero attached hydrogens (tertiary/aromatic N) is 2. The van der Waals surface area contributed by atoms with Gasteiger partial charge in [0.05, 0.1) is 10.6 Å². The number of allylic oxidation sites excluding steroid dienone is 1. The monoisotopic (exact) mass is 405 g/mol. The molecule has 0 aliphatic rings. The van der Waals surface area contributed by atoms with Crippen LogP contribution in [0.1, 0.15) is 21.5 Å². The molecule has 7 heteroatoms. The summed E-state index contributed by atoms with van der Waals surface area (Å²) in [5.41, 5.74) is 4.52. The van der Waals surface area contributed by atoms with Crippen molar-refractivity contribution in [3.63, 3.8) is 0 Å². The van der Waals surface area contributed by atoms with Gasteiger partial charge in [0.2, 0.25) is 0 Å². The van der Waals surface area contributed by atoms with Gasteiger partial charge < -0.3 is 0 Å². The van der Waals surface area contributed by atoms with Gasteiger partial charge in [-0.2, -0.15) is 5.10 Å². The second-order valence-corrected chi connectivity index (χ2v) is 6.38. The number of benzene rings is 3. The molecule has 3 aromatic rings. The lowest BCUT2D eigenvalue weighted by molar-refractivity contribution is -0.384. The number of hydrazone groups is 1. The number of nitro groups is 1. The third-order valence-electron chi connectivity index (χ3n) is 3.99. The predicted octanol–water partition coefficient (Wildman–Crippen LogP) is 5.10. The van der Waals surface area contributed by atoms with E-state index < -0.39 is 10.8 Å². The molecule has 0 saturated heterocycles. The number of rotatable bonds is 6. The van der Waals surface area contributed by atoms with Crippen LogP contribution in [0.3, 0.4) is 0 Å². The Bertz CT molecular complexity index is 1080. The Hall–Kier alpha value is -3.77. The highest BCUT2D eigenvalue weighted by atomic mass is 35.5. The van der Waals surface area contributed by atoms with Crippen molar-refractivity contribution in [1.29, 1.82) is 0 Å². The molecule has 29 heavy (non-hydrogen) atoms. The fraction of sp³-hybridized carbons (Fsp3) is 0. The Morgan fingerprint density at radius 3 is 2.28 bits per heavy atom. The van der Waals surface area contributed by atoms with Gasteiger partial charge >= 0.3 is 0 Å². The molecule has 144 valence electrons. The number of amides is 1. The molecule has 1 amide bonds. The third-order valence-corrected chi connectivity index (χ3v) is 4.31. The number of halogens is 1. The summed E-state index contributed by atoms with van der Waals surface area (Å²) in [5.74, 6) is -0.577. The normalized spacial score (nSPS) is 11.4. The van der Waals surface area contributed by atoms with Crippen LogP contribution < -0.4 is 5.43 Å². The van der Waals surface area contributed by atoms with E-state index in [1.807, 2.05) is 66.7 Å². The van der Waals surface area contributed by atoms with Crippen molar-refractivity contribution >= 4 is 35.0 Å². The molecule has 0 aromatic heterocycles. The first kappa shape index (κ1) is 20.0. The average Bonchev–Trinajstić information content (AvgIpc) is 2.75. The van der Waals surface area contributed by atoms with Crippen LogP contribution in [-0.2, 0) is 0 Å². The Morgan fingerprint density at radius 2 is 1.62 bits per heavy atom. The van der Waals surface area contributed by atoms with Gasteiger partial charge in [-0.15, -0.1) is 0 Å². The molecule has 3 rings (SSSR count). The van der Waals surface area contributed by atoms with Gasteiger partial charge in [0.25, 0.3) is 11.6 Å². The highest BCUT2D eigenvalue weighted by molar-refractivity contribution is 6.32. The van der Waals surface area contributed by atoms with Crippen LogP contribution in [0.4, 0.5) is 5.69 Å². The maximum Gasteiger partial charge on any atom is 0.288 e. The van der Waals surface area contributed by atoms with Crippen molar-refractivity contribution in [3.05, 3.63) is 117 Å². The summed E-state index contributed by atoms with van der Waals surface area (Å²) in [4.78, 5) is 22.8. The highest BCUT2D eigenvalue weighted by Gasteiger charge is 2.16. The maximum atomic E-state index is 12.4. The van der Waals surface area contributed by atoms with Crippen LogP contribution in [0.2, 0.25) is 5.02 Å². The molecule has 1 N–H and O–H groups in total. The van der Waals surface area contributed by atoms with E-state index >= 15 is 0 Å². The van der Waals surface area contributed by atoms with E-state index in [2.05, 4.69) is 10.5 Å². The lowest BCUT2D eigenvalue weighted by Gasteiger charge is -2.05. The van der Waals surface area contributed by atoms with Crippen LogP contribution in [0.25, 0.3) is 6.08 Å². The minimum Gasteiger partial charge on any atom is -0.267 e. The molecule has 0 heterocycles. The quantitative estimate of drug-likeness (QED) is 0.352. The van der Waals surface area contributed by atoms with E-state index in [-0.39, 0.29) is 16.3 Å². The molecule has 0 unspecified atom stereocenters. The molecular formula is C22H16ClN3O3. The van der Waals surface area contributed by atoms with Crippen molar-refractivity contribution in [2.45, 2.75) is 0 Å². The topological polar surface area (TPSA) is 84.6 Å². The van der Waals surface area contributed by atoms with Crippen molar-refractivity contribution in [3.8, 4) is 0 Å². The largest absolute Gasteiger partial charge is 0.288 e. The van der Waals surface area contributed by atoms with E-state index in [4.69, 9.17) is 11.6 Å². The first-order chi connectivity index (χ1) is 14.0. The minimum atomic E-state index is -0.639. The van der Waals surface area contributed by atoms with E-state index in [0.29, 0.717) is 5.71 Å². The molecule has 0 radical (unpaired) electrons. The summed E-state index contributed by atoms with van der Waals surface area (Å²) in [6, 6.07) is 22.9. The second-order valence-electron chi connectivity index (χ2n) is 5.97. The standard InChI is InChI=1S/C22H16ClN3O3/c23-19-13-12-18(15-21(19)26(28)29)22(27)25-24-20(17-9-5-2-6-10-17)14-11-16-7-3-1-4-8-16/h1-15H,(H,25,27). The molecule has 3 aromatic carbocycles. The van der Waals surface area contributed by atoms with E-state index in [0.717, 1.165) is 17.2 Å². The number of carbonyl (C=O) groups excluding carboxylic acids is 1. The van der Waals surface area contributed by atoms with Gasteiger partial charge in [-0.25, -0.2) is 5.43 Å². The predicted molar refractivity (Wildman–Crippen MR) is 114 cm³/mol. The van der Waals surface area contributed by atoms with E-state index in [1.54, 1.807) is 6.08 Å². The number of nitrogens with one attached hydrogen (secondary N) is 1. The fourth-order valence-corrected chi connectivity index (χ4v) is 2.70. The Morgan fingerprint density at radius 1 is 0.966 bits per heavy atom. The zero-order valence-corrected chi connectivity index (χ0v) is 15.9. The molecule has 0 atom stereocenters. The molecular weight excluding hydrogens is 390 g/mol. The first-order valence-corrected chi connectivity index (χ1v) is 9.03. The summed E-state index contributed by atoms with van der Waals surface area (Å²) < 4.78 is 0. The van der Waals surface area contributed by atoms with Crippen LogP contribution >= 0.6 is 11.6 Å². The van der Waals surface area contributed by atoms with Crippen molar-refractivity contribution < 1.29 is 9.72 Å². The molecule has 0 bridgehead atoms. The Labute approximate surface area is 172 Å². The van der Waals surface area contributed by atoms with Gasteiger partial charge in [-0.3, -0.25) is 14.9 Å². The van der Waals surface area contributed by atoms with Crippen LogP contribution in [-0.4, -0.2) is 16.5 Å². The minimum absolute atomic E-state index is 0.0363. The van der Waals surface area contributed by atoms with E-state index in [9.17, 15) is 14.9 Å². The van der Waals surface area contributed by atoms with E-state index in [1.165, 1.54) is 12.1 Å². The van der Waals surface area contributed by atoms with Gasteiger partial charge in [0.15, 0.2) is 0 Å². The second kappa shape index (κ2) is 9.43. The summed E-state index contributed by atoms with van der Waals surface area (Å²) in [5, 5.41) is 15.2. The van der Waals surface area contributed by atoms with Crippen LogP contribution in [0.15, 0.2) is 90.0 Å². The van der Waals surface area contributed by atoms with Crippen molar-refractivity contribution in [2.75, 3.05) is 0 Å². The number of hydrogen-bond donors (Lipinski definition) is 1. The van der Waals surface area contributed by atoms with Gasteiger partial charge in [-0.05, 0) is 23.8 Å². The lowest BCUT2D eigenvalue weighted by Crippen LogP contribution is -2.19. The van der Waals surface area contributed by atoms with Gasteiger partial charge in [0.1, 0.15) is 5.02 Å². The summed E-state index contributed by atoms with van der Waals surface area (Å²) in [7, 11) is 0. The zero-order valence-electron chi connectivity index (χ0n) is 15.2. The summed E-state index contributed by atoms with van der Waals surface area (Å²) >= 11 is 5.79. The average molecular weight is 406 g/mol. The molecule has 0 saturated carbocycles. The first-order valence-electron chi connectivity index (χ1n) is 8.65. The molecule has 6 nitrogen and oxygen atoms in total. The maximum absolute atomic E-state index is 12.4. The molecule has 0 aliphatic carbocycles. The Balaban J connectivity index is 1.86. The Kier molecular flexibility index (Phi) is 6.50. The zero-order chi connectivity index (χ0) is 20.6. The number of nitro benzene ring substituents is 1. The summed E-state index contributed by atoms with van der Waals surface area (Å²) in [6.45, 7) is 0. The SMILES string of the molecule is O=C(NN=C(C=Cc1ccccc1)c1ccccc1)c1ccc(Cl)c([N+](=O)[O-])c1. The van der Waals surface area contributed by atoms with Crippen LogP contribution in [0, 0.1) is 10.1 Å². The highest BCUT2D eigenvalue weighted by Crippen LogP contribution is 2.25. The fourth-order valence-electron chi connectivity index (χ4n) is 2.52. The molecule has 0 fully saturated rings. The third kappa shape index (κ3) is 5.37. The number of hydrogen-bond acceptors (Lipinski definition) is 4. The molecule has 0 spiro atoms. The molecule has 0 aliphatic heterocycles. The summed E-state index contributed by atoms with van der Waals surface area (Å²) in [6.07, 6.45) is 3.67.